The van der Waals surface area contributed by atoms with Crippen LogP contribution in [0.15, 0.2) is 96.3 Å². The van der Waals surface area contributed by atoms with Gasteiger partial charge in [-0.3, -0.25) is 9.59 Å². The van der Waals surface area contributed by atoms with E-state index in [1.165, 1.54) is 12.1 Å². The van der Waals surface area contributed by atoms with Crippen LogP contribution < -0.4 is 4.74 Å². The monoisotopic (exact) mass is 406 g/mol. The van der Waals surface area contributed by atoms with E-state index < -0.39 is 5.92 Å². The molecule has 0 N–H and O–H groups in total. The fourth-order valence-electron chi connectivity index (χ4n) is 4.64. The summed E-state index contributed by atoms with van der Waals surface area (Å²) in [7, 11) is 0. The van der Waals surface area contributed by atoms with E-state index in [-0.39, 0.29) is 23.1 Å². The topological polar surface area (TPSA) is 43.4 Å². The molecule has 0 aromatic heterocycles. The van der Waals surface area contributed by atoms with E-state index in [4.69, 9.17) is 4.74 Å². The van der Waals surface area contributed by atoms with Gasteiger partial charge >= 0.3 is 0 Å². The fraction of sp³-hybridized carbons (Fsp3) is 0.0370. The summed E-state index contributed by atoms with van der Waals surface area (Å²) in [6.07, 6.45) is 0. The summed E-state index contributed by atoms with van der Waals surface area (Å²) in [5.74, 6) is -0.864. The van der Waals surface area contributed by atoms with E-state index in [9.17, 15) is 14.0 Å². The fourth-order valence-corrected chi connectivity index (χ4v) is 4.64. The maximum Gasteiger partial charge on any atom is 0.229 e. The van der Waals surface area contributed by atoms with E-state index >= 15 is 0 Å². The van der Waals surface area contributed by atoms with Gasteiger partial charge in [-0.05, 0) is 34.5 Å². The SMILES string of the molecule is O=C1C2=C(C(=O)c3ccccc31)C(c1ccc(F)cc1)c1c(ccc3ccccc13)O2. The van der Waals surface area contributed by atoms with Crippen LogP contribution >= 0.6 is 0 Å². The highest BCUT2D eigenvalue weighted by Crippen LogP contribution is 2.49. The van der Waals surface area contributed by atoms with Crippen LogP contribution in [0.1, 0.15) is 37.8 Å². The molecule has 1 aliphatic carbocycles. The first kappa shape index (κ1) is 17.8. The Morgan fingerprint density at radius 1 is 0.710 bits per heavy atom. The number of hydrogen-bond donors (Lipinski definition) is 0. The van der Waals surface area contributed by atoms with Crippen molar-refractivity contribution < 1.29 is 18.7 Å². The molecule has 148 valence electrons. The molecule has 1 heterocycles. The van der Waals surface area contributed by atoms with Crippen molar-refractivity contribution in [2.75, 3.05) is 0 Å². The molecule has 1 aliphatic heterocycles. The molecule has 0 bridgehead atoms. The smallest absolute Gasteiger partial charge is 0.229 e. The second-order valence-electron chi connectivity index (χ2n) is 7.73. The van der Waals surface area contributed by atoms with Crippen LogP contribution in [-0.4, -0.2) is 11.6 Å². The van der Waals surface area contributed by atoms with Crippen molar-refractivity contribution in [1.29, 1.82) is 0 Å². The van der Waals surface area contributed by atoms with Crippen molar-refractivity contribution in [3.8, 4) is 5.75 Å². The predicted molar refractivity (Wildman–Crippen MR) is 115 cm³/mol. The number of carbonyl (C=O) groups excluding carboxylic acids is 2. The first-order valence-corrected chi connectivity index (χ1v) is 10.0. The third-order valence-corrected chi connectivity index (χ3v) is 6.04. The van der Waals surface area contributed by atoms with Crippen LogP contribution in [0, 0.1) is 5.82 Å². The van der Waals surface area contributed by atoms with Crippen LogP contribution in [0.25, 0.3) is 10.8 Å². The molecule has 0 spiro atoms. The zero-order chi connectivity index (χ0) is 21.1. The molecule has 0 fully saturated rings. The van der Waals surface area contributed by atoms with Gasteiger partial charge in [0, 0.05) is 22.6 Å². The van der Waals surface area contributed by atoms with E-state index in [2.05, 4.69) is 0 Å². The minimum absolute atomic E-state index is 0.0563. The Bertz CT molecular complexity index is 1450. The van der Waals surface area contributed by atoms with Gasteiger partial charge in [-0.15, -0.1) is 0 Å². The number of ether oxygens (including phenoxy) is 1. The lowest BCUT2D eigenvalue weighted by Crippen LogP contribution is -2.31. The highest BCUT2D eigenvalue weighted by atomic mass is 19.1. The number of carbonyl (C=O) groups is 2. The molecular weight excluding hydrogens is 391 g/mol. The molecule has 4 aromatic rings. The zero-order valence-corrected chi connectivity index (χ0v) is 16.3. The van der Waals surface area contributed by atoms with Crippen LogP contribution in [0.3, 0.4) is 0 Å². The highest BCUT2D eigenvalue weighted by molar-refractivity contribution is 6.27. The lowest BCUT2D eigenvalue weighted by atomic mass is 9.74. The van der Waals surface area contributed by atoms with Gasteiger partial charge in [0.1, 0.15) is 11.6 Å². The Hall–Kier alpha value is -4.05. The number of halogens is 1. The van der Waals surface area contributed by atoms with E-state index in [1.807, 2.05) is 36.4 Å². The number of fused-ring (bicyclic) bond motifs is 4. The number of hydrogen-bond acceptors (Lipinski definition) is 3. The van der Waals surface area contributed by atoms with Gasteiger partial charge in [0.2, 0.25) is 5.78 Å². The van der Waals surface area contributed by atoms with Gasteiger partial charge in [0.15, 0.2) is 11.5 Å². The lowest BCUT2D eigenvalue weighted by molar-refractivity contribution is 0.0927. The number of allylic oxidation sites excluding steroid dienone is 2. The molecule has 1 unspecified atom stereocenters. The predicted octanol–water partition coefficient (Wildman–Crippen LogP) is 5.84. The highest BCUT2D eigenvalue weighted by Gasteiger charge is 2.43. The van der Waals surface area contributed by atoms with Crippen LogP contribution in [-0.2, 0) is 0 Å². The Balaban J connectivity index is 1.69. The summed E-state index contributed by atoms with van der Waals surface area (Å²) >= 11 is 0. The second-order valence-corrected chi connectivity index (χ2v) is 7.73. The molecule has 4 heteroatoms. The van der Waals surface area contributed by atoms with Crippen molar-refractivity contribution >= 4 is 22.3 Å². The molecule has 0 radical (unpaired) electrons. The minimum Gasteiger partial charge on any atom is -0.452 e. The van der Waals surface area contributed by atoms with Crippen molar-refractivity contribution in [1.82, 2.24) is 0 Å². The number of ketones is 2. The minimum atomic E-state index is -0.546. The van der Waals surface area contributed by atoms with E-state index in [0.29, 0.717) is 22.4 Å². The summed E-state index contributed by atoms with van der Waals surface area (Å²) in [6.45, 7) is 0. The van der Waals surface area contributed by atoms with E-state index in [1.54, 1.807) is 36.4 Å². The van der Waals surface area contributed by atoms with Gasteiger partial charge in [-0.1, -0.05) is 66.7 Å². The average molecular weight is 406 g/mol. The first-order chi connectivity index (χ1) is 15.1. The normalized spacial score (nSPS) is 17.1. The quantitative estimate of drug-likeness (QED) is 0.399. The third-order valence-electron chi connectivity index (χ3n) is 6.04. The van der Waals surface area contributed by atoms with Crippen molar-refractivity contribution in [3.63, 3.8) is 0 Å². The second kappa shape index (κ2) is 6.47. The Morgan fingerprint density at radius 3 is 2.16 bits per heavy atom. The van der Waals surface area contributed by atoms with E-state index in [0.717, 1.165) is 21.9 Å². The maximum atomic E-state index is 13.7. The molecule has 1 atom stereocenters. The molecule has 2 aliphatic rings. The molecule has 0 saturated carbocycles. The number of Topliss-reactive ketones (excluding diaryl/α,β-unsaturated/α-hetero) is 2. The molecule has 31 heavy (non-hydrogen) atoms. The van der Waals surface area contributed by atoms with Crippen molar-refractivity contribution in [3.05, 3.63) is 124 Å². The summed E-state index contributed by atoms with van der Waals surface area (Å²) in [6, 6.07) is 24.5. The van der Waals surface area contributed by atoms with Gasteiger partial charge in [0.25, 0.3) is 0 Å². The summed E-state index contributed by atoms with van der Waals surface area (Å²) < 4.78 is 19.8. The molecular formula is C27H15FO3. The molecule has 0 saturated heterocycles. The Labute approximate surface area is 177 Å². The molecule has 0 amide bonds. The molecule has 6 rings (SSSR count). The van der Waals surface area contributed by atoms with Crippen molar-refractivity contribution in [2.24, 2.45) is 0 Å². The van der Waals surface area contributed by atoms with Crippen molar-refractivity contribution in [2.45, 2.75) is 5.92 Å². The molecule has 4 aromatic carbocycles. The number of rotatable bonds is 1. The Kier molecular flexibility index (Phi) is 3.71. The van der Waals surface area contributed by atoms with Crippen LogP contribution in [0.4, 0.5) is 4.39 Å². The summed E-state index contributed by atoms with van der Waals surface area (Å²) in [5, 5.41) is 1.93. The standard InChI is InChI=1S/C27H15FO3/c28-17-12-9-16(10-13-17)22-23-18-6-2-1-5-15(18)11-14-21(23)31-27-24(22)25(29)19-7-3-4-8-20(19)26(27)30/h1-14,22H. The first-order valence-electron chi connectivity index (χ1n) is 10.0. The summed E-state index contributed by atoms with van der Waals surface area (Å²) in [4.78, 5) is 26.9. The van der Waals surface area contributed by atoms with Gasteiger partial charge in [0.05, 0.1) is 5.57 Å². The maximum absolute atomic E-state index is 13.7. The Morgan fingerprint density at radius 2 is 1.39 bits per heavy atom. The van der Waals surface area contributed by atoms with Crippen LogP contribution in [0.2, 0.25) is 0 Å². The summed E-state index contributed by atoms with van der Waals surface area (Å²) in [5.41, 5.74) is 2.55. The largest absolute Gasteiger partial charge is 0.452 e. The molecule has 3 nitrogen and oxygen atoms in total. The zero-order valence-electron chi connectivity index (χ0n) is 16.3. The average Bonchev–Trinajstić information content (AvgIpc) is 2.81. The van der Waals surface area contributed by atoms with Gasteiger partial charge < -0.3 is 4.74 Å². The third kappa shape index (κ3) is 2.51. The lowest BCUT2D eigenvalue weighted by Gasteiger charge is -2.33. The van der Waals surface area contributed by atoms with Gasteiger partial charge in [-0.25, -0.2) is 4.39 Å². The van der Waals surface area contributed by atoms with Crippen LogP contribution in [0.5, 0.6) is 5.75 Å². The van der Waals surface area contributed by atoms with Gasteiger partial charge in [-0.2, -0.15) is 0 Å². The number of benzene rings is 4.